The third kappa shape index (κ3) is 1.87. The van der Waals surface area contributed by atoms with Crippen LogP contribution < -0.4 is 5.73 Å². The lowest BCUT2D eigenvalue weighted by Crippen LogP contribution is -2.47. The summed E-state index contributed by atoms with van der Waals surface area (Å²) in [5, 5.41) is 4.45. The molecular weight excluding hydrogens is 200 g/mol. The highest BCUT2D eigenvalue weighted by Gasteiger charge is 2.38. The Kier molecular flexibility index (Phi) is 2.30. The second-order valence-electron chi connectivity index (χ2n) is 5.37. The first-order chi connectivity index (χ1) is 7.68. The third-order valence-electron chi connectivity index (χ3n) is 3.86. The van der Waals surface area contributed by atoms with E-state index >= 15 is 0 Å². The van der Waals surface area contributed by atoms with Crippen LogP contribution in [0.2, 0.25) is 0 Å². The Balaban J connectivity index is 1.60. The standard InChI is InChI=1S/C12H20N4/c1-2-15-8-11(9-15)16-7-10(6-14-16)5-12(13)3-4-12/h6-7,11H,2-5,8-9,13H2,1H3. The second kappa shape index (κ2) is 3.57. The van der Waals surface area contributed by atoms with Gasteiger partial charge in [-0.2, -0.15) is 5.10 Å². The number of rotatable bonds is 4. The maximum absolute atomic E-state index is 6.11. The normalized spacial score (nSPS) is 24.4. The summed E-state index contributed by atoms with van der Waals surface area (Å²) in [6.45, 7) is 5.64. The molecule has 0 unspecified atom stereocenters. The van der Waals surface area contributed by atoms with E-state index in [1.54, 1.807) is 0 Å². The van der Waals surface area contributed by atoms with Gasteiger partial charge in [0, 0.05) is 24.8 Å². The molecule has 4 nitrogen and oxygen atoms in total. The SMILES string of the molecule is CCN1CC(n2cc(CC3(N)CC3)cn2)C1. The summed E-state index contributed by atoms with van der Waals surface area (Å²) in [6.07, 6.45) is 7.51. The molecule has 2 N–H and O–H groups in total. The highest BCUT2D eigenvalue weighted by molar-refractivity contribution is 5.15. The third-order valence-corrected chi connectivity index (χ3v) is 3.86. The fourth-order valence-electron chi connectivity index (χ4n) is 2.38. The summed E-state index contributed by atoms with van der Waals surface area (Å²) in [5.74, 6) is 0. The van der Waals surface area contributed by atoms with Crippen LogP contribution in [0.5, 0.6) is 0 Å². The van der Waals surface area contributed by atoms with Crippen LogP contribution in [0.4, 0.5) is 0 Å². The van der Waals surface area contributed by atoms with Crippen molar-refractivity contribution >= 4 is 0 Å². The molecule has 2 fully saturated rings. The van der Waals surface area contributed by atoms with Crippen molar-refractivity contribution in [3.8, 4) is 0 Å². The van der Waals surface area contributed by atoms with Gasteiger partial charge >= 0.3 is 0 Å². The minimum absolute atomic E-state index is 0.100. The number of hydrogen-bond acceptors (Lipinski definition) is 3. The average molecular weight is 220 g/mol. The molecule has 1 aromatic heterocycles. The molecule has 0 aromatic carbocycles. The van der Waals surface area contributed by atoms with E-state index in [9.17, 15) is 0 Å². The van der Waals surface area contributed by atoms with Crippen molar-refractivity contribution in [2.24, 2.45) is 5.73 Å². The van der Waals surface area contributed by atoms with Crippen molar-refractivity contribution in [3.63, 3.8) is 0 Å². The first-order valence-electron chi connectivity index (χ1n) is 6.23. The summed E-state index contributed by atoms with van der Waals surface area (Å²) < 4.78 is 2.12. The first kappa shape index (κ1) is 10.3. The Morgan fingerprint density at radius 1 is 1.50 bits per heavy atom. The summed E-state index contributed by atoms with van der Waals surface area (Å²) >= 11 is 0. The van der Waals surface area contributed by atoms with Crippen LogP contribution in [0.15, 0.2) is 12.4 Å². The van der Waals surface area contributed by atoms with Crippen molar-refractivity contribution in [2.75, 3.05) is 19.6 Å². The van der Waals surface area contributed by atoms with E-state index in [4.69, 9.17) is 5.73 Å². The molecule has 3 rings (SSSR count). The molecule has 1 saturated carbocycles. The fraction of sp³-hybridized carbons (Fsp3) is 0.750. The molecule has 0 radical (unpaired) electrons. The molecule has 0 spiro atoms. The Bertz CT molecular complexity index is 374. The van der Waals surface area contributed by atoms with Gasteiger partial charge in [-0.05, 0) is 31.4 Å². The van der Waals surface area contributed by atoms with E-state index in [2.05, 4.69) is 27.8 Å². The highest BCUT2D eigenvalue weighted by atomic mass is 15.4. The van der Waals surface area contributed by atoms with E-state index in [0.717, 1.165) is 26.1 Å². The zero-order valence-corrected chi connectivity index (χ0v) is 9.89. The molecule has 0 amide bonds. The second-order valence-corrected chi connectivity index (χ2v) is 5.37. The molecule has 1 aromatic rings. The van der Waals surface area contributed by atoms with E-state index in [0.29, 0.717) is 6.04 Å². The van der Waals surface area contributed by atoms with Gasteiger partial charge in [0.05, 0.1) is 12.2 Å². The number of likely N-dealkylation sites (tertiary alicyclic amines) is 1. The Morgan fingerprint density at radius 2 is 2.25 bits per heavy atom. The minimum atomic E-state index is 0.100. The predicted molar refractivity (Wildman–Crippen MR) is 63.2 cm³/mol. The number of nitrogens with zero attached hydrogens (tertiary/aromatic N) is 3. The molecular formula is C12H20N4. The fourth-order valence-corrected chi connectivity index (χ4v) is 2.38. The molecule has 0 bridgehead atoms. The molecule has 16 heavy (non-hydrogen) atoms. The molecule has 2 aliphatic rings. The molecule has 1 aliphatic heterocycles. The van der Waals surface area contributed by atoms with Gasteiger partial charge in [0.2, 0.25) is 0 Å². The van der Waals surface area contributed by atoms with Crippen LogP contribution in [-0.2, 0) is 6.42 Å². The smallest absolute Gasteiger partial charge is 0.0772 e. The molecule has 4 heteroatoms. The van der Waals surface area contributed by atoms with Gasteiger partial charge in [-0.1, -0.05) is 6.92 Å². The van der Waals surface area contributed by atoms with Crippen LogP contribution in [0.25, 0.3) is 0 Å². The van der Waals surface area contributed by atoms with Crippen LogP contribution in [-0.4, -0.2) is 39.9 Å². The lowest BCUT2D eigenvalue weighted by Gasteiger charge is -2.38. The van der Waals surface area contributed by atoms with E-state index < -0.39 is 0 Å². The zero-order chi connectivity index (χ0) is 11.2. The van der Waals surface area contributed by atoms with Gasteiger partial charge in [0.25, 0.3) is 0 Å². The molecule has 1 saturated heterocycles. The van der Waals surface area contributed by atoms with Crippen LogP contribution >= 0.6 is 0 Å². The average Bonchev–Trinajstić information content (AvgIpc) is 2.73. The monoisotopic (exact) mass is 220 g/mol. The number of aromatic nitrogens is 2. The zero-order valence-electron chi connectivity index (χ0n) is 9.89. The quantitative estimate of drug-likeness (QED) is 0.816. The van der Waals surface area contributed by atoms with Gasteiger partial charge < -0.3 is 5.73 Å². The summed E-state index contributed by atoms with van der Waals surface area (Å²) in [6, 6.07) is 0.585. The van der Waals surface area contributed by atoms with Crippen molar-refractivity contribution in [2.45, 2.75) is 37.8 Å². The van der Waals surface area contributed by atoms with Crippen molar-refractivity contribution in [1.82, 2.24) is 14.7 Å². The predicted octanol–water partition coefficient (Wildman–Crippen LogP) is 0.793. The van der Waals surface area contributed by atoms with E-state index in [-0.39, 0.29) is 5.54 Å². The molecule has 2 heterocycles. The van der Waals surface area contributed by atoms with Crippen LogP contribution in [0.3, 0.4) is 0 Å². The lowest BCUT2D eigenvalue weighted by atomic mass is 10.1. The van der Waals surface area contributed by atoms with E-state index in [1.165, 1.54) is 18.4 Å². The summed E-state index contributed by atoms with van der Waals surface area (Å²) in [4.78, 5) is 2.43. The number of hydrogen-bond donors (Lipinski definition) is 1. The van der Waals surface area contributed by atoms with Crippen LogP contribution in [0, 0.1) is 0 Å². The topological polar surface area (TPSA) is 47.1 Å². The van der Waals surface area contributed by atoms with Crippen LogP contribution in [0.1, 0.15) is 31.4 Å². The van der Waals surface area contributed by atoms with Gasteiger partial charge in [0.1, 0.15) is 0 Å². The molecule has 1 aliphatic carbocycles. The Labute approximate surface area is 96.4 Å². The van der Waals surface area contributed by atoms with Crippen molar-refractivity contribution in [3.05, 3.63) is 18.0 Å². The Hall–Kier alpha value is -0.870. The molecule has 0 atom stereocenters. The molecule has 88 valence electrons. The maximum atomic E-state index is 6.11. The van der Waals surface area contributed by atoms with E-state index in [1.807, 2.05) is 6.20 Å². The van der Waals surface area contributed by atoms with Gasteiger partial charge in [0.15, 0.2) is 0 Å². The highest BCUT2D eigenvalue weighted by Crippen LogP contribution is 2.35. The van der Waals surface area contributed by atoms with Crippen molar-refractivity contribution in [1.29, 1.82) is 0 Å². The van der Waals surface area contributed by atoms with Crippen molar-refractivity contribution < 1.29 is 0 Å². The largest absolute Gasteiger partial charge is 0.325 e. The summed E-state index contributed by atoms with van der Waals surface area (Å²) in [7, 11) is 0. The first-order valence-corrected chi connectivity index (χ1v) is 6.23. The van der Waals surface area contributed by atoms with Gasteiger partial charge in [-0.3, -0.25) is 9.58 Å². The Morgan fingerprint density at radius 3 is 2.88 bits per heavy atom. The van der Waals surface area contributed by atoms with Gasteiger partial charge in [-0.25, -0.2) is 0 Å². The summed E-state index contributed by atoms with van der Waals surface area (Å²) in [5.41, 5.74) is 7.51. The minimum Gasteiger partial charge on any atom is -0.325 e. The number of nitrogens with two attached hydrogens (primary N) is 1. The maximum Gasteiger partial charge on any atom is 0.0772 e. The van der Waals surface area contributed by atoms with Gasteiger partial charge in [-0.15, -0.1) is 0 Å². The number of likely N-dealkylation sites (N-methyl/N-ethyl adjacent to an activating group) is 1. The lowest BCUT2D eigenvalue weighted by molar-refractivity contribution is 0.105.